The molecule has 1 saturated heterocycles. The Morgan fingerprint density at radius 2 is 1.93 bits per heavy atom. The van der Waals surface area contributed by atoms with E-state index >= 15 is 0 Å². The molecule has 1 rings (SSSR count). The van der Waals surface area contributed by atoms with E-state index in [0.29, 0.717) is 11.5 Å². The van der Waals surface area contributed by atoms with Gasteiger partial charge in [-0.05, 0) is 26.7 Å². The van der Waals surface area contributed by atoms with Crippen molar-refractivity contribution >= 4 is 32.6 Å². The Hall–Kier alpha value is 0.1000. The Kier molecular flexibility index (Phi) is 4.13. The van der Waals surface area contributed by atoms with Crippen LogP contribution in [-0.2, 0) is 15.6 Å². The third kappa shape index (κ3) is 3.69. The highest BCUT2D eigenvalue weighted by atomic mass is 79.9. The minimum absolute atomic E-state index is 0.00943. The van der Waals surface area contributed by atoms with Crippen LogP contribution in [0.4, 0.5) is 0 Å². The van der Waals surface area contributed by atoms with Crippen molar-refractivity contribution in [2.75, 3.05) is 11.5 Å². The van der Waals surface area contributed by atoms with Crippen molar-refractivity contribution in [1.29, 1.82) is 0 Å². The lowest BCUT2D eigenvalue weighted by Gasteiger charge is -2.25. The van der Waals surface area contributed by atoms with Crippen LogP contribution >= 0.6 is 15.9 Å². The SMILES string of the molecule is CC(C)(Br)C(=O)NC1CCS(=O)CC1. The molecule has 1 heterocycles. The van der Waals surface area contributed by atoms with Gasteiger partial charge in [0.05, 0.1) is 4.32 Å². The Morgan fingerprint density at radius 1 is 1.43 bits per heavy atom. The van der Waals surface area contributed by atoms with Crippen molar-refractivity contribution in [3.63, 3.8) is 0 Å². The molecule has 1 amide bonds. The summed E-state index contributed by atoms with van der Waals surface area (Å²) in [5.41, 5.74) is 0. The molecule has 0 aromatic heterocycles. The molecule has 0 aromatic rings. The van der Waals surface area contributed by atoms with Gasteiger partial charge in [-0.2, -0.15) is 0 Å². The number of amides is 1. The summed E-state index contributed by atoms with van der Waals surface area (Å²) in [6, 6.07) is 0.206. The van der Waals surface area contributed by atoms with Crippen LogP contribution in [0, 0.1) is 0 Å². The molecule has 1 aliphatic heterocycles. The third-order valence-corrected chi connectivity index (χ3v) is 4.01. The van der Waals surface area contributed by atoms with E-state index in [4.69, 9.17) is 0 Å². The first kappa shape index (κ1) is 12.2. The van der Waals surface area contributed by atoms with Crippen molar-refractivity contribution in [3.05, 3.63) is 0 Å². The lowest BCUT2D eigenvalue weighted by molar-refractivity contribution is -0.123. The number of hydrogen-bond acceptors (Lipinski definition) is 2. The van der Waals surface area contributed by atoms with Gasteiger partial charge < -0.3 is 5.32 Å². The first-order valence-electron chi connectivity index (χ1n) is 4.74. The van der Waals surface area contributed by atoms with Gasteiger partial charge in [0.1, 0.15) is 0 Å². The number of rotatable bonds is 2. The van der Waals surface area contributed by atoms with Crippen LogP contribution in [0.25, 0.3) is 0 Å². The molecule has 0 unspecified atom stereocenters. The van der Waals surface area contributed by atoms with E-state index in [0.717, 1.165) is 12.8 Å². The van der Waals surface area contributed by atoms with E-state index < -0.39 is 15.1 Å². The van der Waals surface area contributed by atoms with Gasteiger partial charge in [0.25, 0.3) is 0 Å². The van der Waals surface area contributed by atoms with E-state index in [1.807, 2.05) is 13.8 Å². The van der Waals surface area contributed by atoms with Crippen molar-refractivity contribution < 1.29 is 9.00 Å². The van der Waals surface area contributed by atoms with Gasteiger partial charge in [-0.25, -0.2) is 0 Å². The Labute approximate surface area is 95.6 Å². The zero-order valence-corrected chi connectivity index (χ0v) is 10.9. The van der Waals surface area contributed by atoms with Crippen molar-refractivity contribution in [3.8, 4) is 0 Å². The molecule has 0 aromatic carbocycles. The second kappa shape index (κ2) is 4.75. The second-order valence-corrected chi connectivity index (χ2v) is 7.75. The number of carbonyl (C=O) groups excluding carboxylic acids is 1. The maximum Gasteiger partial charge on any atom is 0.236 e. The fourth-order valence-electron chi connectivity index (χ4n) is 1.30. The van der Waals surface area contributed by atoms with Crippen LogP contribution in [0.2, 0.25) is 0 Å². The number of halogens is 1. The summed E-state index contributed by atoms with van der Waals surface area (Å²) in [6.07, 6.45) is 1.67. The quantitative estimate of drug-likeness (QED) is 0.773. The number of nitrogens with one attached hydrogen (secondary N) is 1. The fourth-order valence-corrected chi connectivity index (χ4v) is 2.71. The molecular weight excluding hydrogens is 266 g/mol. The molecule has 0 atom stereocenters. The van der Waals surface area contributed by atoms with E-state index in [-0.39, 0.29) is 11.9 Å². The normalized spacial score (nSPS) is 28.5. The largest absolute Gasteiger partial charge is 0.352 e. The van der Waals surface area contributed by atoms with Gasteiger partial charge in [-0.1, -0.05) is 15.9 Å². The predicted molar refractivity (Wildman–Crippen MR) is 62.0 cm³/mol. The molecule has 0 aliphatic carbocycles. The van der Waals surface area contributed by atoms with Crippen molar-refractivity contribution in [2.45, 2.75) is 37.1 Å². The van der Waals surface area contributed by atoms with Gasteiger partial charge in [-0.3, -0.25) is 9.00 Å². The van der Waals surface area contributed by atoms with Crippen LogP contribution in [-0.4, -0.2) is 32.0 Å². The summed E-state index contributed by atoms with van der Waals surface area (Å²) in [5, 5.41) is 2.96. The van der Waals surface area contributed by atoms with Crippen LogP contribution in [0.5, 0.6) is 0 Å². The molecule has 0 saturated carbocycles. The van der Waals surface area contributed by atoms with E-state index in [2.05, 4.69) is 21.2 Å². The van der Waals surface area contributed by atoms with Gasteiger partial charge in [0.2, 0.25) is 5.91 Å². The fraction of sp³-hybridized carbons (Fsp3) is 0.889. The maximum absolute atomic E-state index is 11.6. The lowest BCUT2D eigenvalue weighted by Crippen LogP contribution is -2.46. The molecular formula is C9H16BrNO2S. The summed E-state index contributed by atoms with van der Waals surface area (Å²) in [6.45, 7) is 3.65. The molecule has 1 fully saturated rings. The van der Waals surface area contributed by atoms with Crippen LogP contribution in [0.15, 0.2) is 0 Å². The van der Waals surface area contributed by atoms with Gasteiger partial charge >= 0.3 is 0 Å². The minimum Gasteiger partial charge on any atom is -0.352 e. The lowest BCUT2D eigenvalue weighted by atomic mass is 10.1. The first-order valence-corrected chi connectivity index (χ1v) is 7.02. The Balaban J connectivity index is 2.38. The monoisotopic (exact) mass is 281 g/mol. The Morgan fingerprint density at radius 3 is 2.36 bits per heavy atom. The standard InChI is InChI=1S/C9H16BrNO2S/c1-9(2,10)8(12)11-7-3-5-14(13)6-4-7/h7H,3-6H2,1-2H3,(H,11,12). The highest BCUT2D eigenvalue weighted by Crippen LogP contribution is 2.17. The number of hydrogen-bond donors (Lipinski definition) is 1. The minimum atomic E-state index is -0.660. The molecule has 3 nitrogen and oxygen atoms in total. The zero-order chi connectivity index (χ0) is 10.8. The average molecular weight is 282 g/mol. The van der Waals surface area contributed by atoms with Crippen molar-refractivity contribution in [1.82, 2.24) is 5.32 Å². The highest BCUT2D eigenvalue weighted by molar-refractivity contribution is 9.10. The first-order chi connectivity index (χ1) is 6.39. The third-order valence-electron chi connectivity index (χ3n) is 2.26. The summed E-state index contributed by atoms with van der Waals surface area (Å²) in [5.74, 6) is 1.44. The highest BCUT2D eigenvalue weighted by Gasteiger charge is 2.27. The van der Waals surface area contributed by atoms with E-state index in [1.165, 1.54) is 0 Å². The second-order valence-electron chi connectivity index (χ2n) is 4.07. The van der Waals surface area contributed by atoms with Crippen LogP contribution in [0.1, 0.15) is 26.7 Å². The van der Waals surface area contributed by atoms with E-state index in [1.54, 1.807) is 0 Å². The zero-order valence-electron chi connectivity index (χ0n) is 8.51. The molecule has 1 aliphatic rings. The smallest absolute Gasteiger partial charge is 0.236 e. The molecule has 1 N–H and O–H groups in total. The van der Waals surface area contributed by atoms with Gasteiger partial charge in [0, 0.05) is 28.3 Å². The van der Waals surface area contributed by atoms with Crippen LogP contribution < -0.4 is 5.32 Å². The van der Waals surface area contributed by atoms with Gasteiger partial charge in [-0.15, -0.1) is 0 Å². The summed E-state index contributed by atoms with van der Waals surface area (Å²) < 4.78 is 10.6. The molecule has 0 radical (unpaired) electrons. The average Bonchev–Trinajstić information content (AvgIpc) is 2.07. The van der Waals surface area contributed by atoms with Crippen molar-refractivity contribution in [2.24, 2.45) is 0 Å². The topological polar surface area (TPSA) is 46.2 Å². The summed E-state index contributed by atoms with van der Waals surface area (Å²) >= 11 is 3.31. The summed E-state index contributed by atoms with van der Waals surface area (Å²) in [4.78, 5) is 11.6. The number of carbonyl (C=O) groups is 1. The molecule has 5 heteroatoms. The molecule has 82 valence electrons. The predicted octanol–water partition coefficient (Wildman–Crippen LogP) is 1.19. The number of alkyl halides is 1. The molecule has 14 heavy (non-hydrogen) atoms. The summed E-state index contributed by atoms with van der Waals surface area (Å²) in [7, 11) is -0.660. The molecule has 0 spiro atoms. The Bertz CT molecular complexity index is 240. The molecule has 0 bridgehead atoms. The van der Waals surface area contributed by atoms with Gasteiger partial charge in [0.15, 0.2) is 0 Å². The van der Waals surface area contributed by atoms with Crippen LogP contribution in [0.3, 0.4) is 0 Å². The maximum atomic E-state index is 11.6. The van der Waals surface area contributed by atoms with E-state index in [9.17, 15) is 9.00 Å².